The van der Waals surface area contributed by atoms with Crippen LogP contribution < -0.4 is 0 Å². The normalized spacial score (nSPS) is 0. The third kappa shape index (κ3) is 19.1. The standard InChI is InChI=1S/Bi.O.Pb.H2Te.Zn.5H/h;;;1H2;;;;;;/q;-2;;;+2;;;;;. The van der Waals surface area contributed by atoms with Gasteiger partial charge in [-0.1, -0.05) is 0 Å². The van der Waals surface area contributed by atoms with Crippen molar-refractivity contribution in [1.29, 1.82) is 0 Å². The Hall–Kier alpha value is 3.18. The molecule has 2 radical (unpaired) electrons. The molecular weight excluding hydrogens is 625 g/mol. The predicted octanol–water partition coefficient (Wildman–Crippen LogP) is -3.14. The maximum absolute atomic E-state index is 0. The molecule has 0 aliphatic heterocycles. The fraction of sp³-hybridized carbons (Fsp3) is 0. The van der Waals surface area contributed by atoms with E-state index in [1.54, 1.807) is 0 Å². The smallest absolute Gasteiger partial charge is 2.00 e. The van der Waals surface area contributed by atoms with Crippen molar-refractivity contribution in [2.24, 2.45) is 0 Å². The average molecular weight is 632 g/mol. The molecule has 0 aromatic heterocycles. The van der Waals surface area contributed by atoms with E-state index in [4.69, 9.17) is 0 Å². The topological polar surface area (TPSA) is 28.5 Å². The first-order valence-corrected chi connectivity index (χ1v) is 0. The van der Waals surface area contributed by atoms with Gasteiger partial charge < -0.3 is 5.48 Å². The Kier molecular flexibility index (Phi) is 226. The van der Waals surface area contributed by atoms with Crippen LogP contribution in [0.25, 0.3) is 0 Å². The van der Waals surface area contributed by atoms with Crippen LogP contribution in [0.5, 0.6) is 0 Å². The molecule has 0 atom stereocenters. The van der Waals surface area contributed by atoms with E-state index in [0.29, 0.717) is 0 Å². The summed E-state index contributed by atoms with van der Waals surface area (Å²) in [6.45, 7) is 0. The van der Waals surface area contributed by atoms with E-state index >= 15 is 0 Å². The molecule has 5 heavy (non-hydrogen) atoms. The summed E-state index contributed by atoms with van der Waals surface area (Å²) in [6.07, 6.45) is 0. The van der Waals surface area contributed by atoms with Crippen LogP contribution in [0.3, 0.4) is 0 Å². The first kappa shape index (κ1) is 41.7. The minimum atomic E-state index is 0. The summed E-state index contributed by atoms with van der Waals surface area (Å²) in [5.74, 6) is 0. The fourth-order valence-corrected chi connectivity index (χ4v) is 0. The molecule has 0 saturated heterocycles. The van der Waals surface area contributed by atoms with Crippen molar-refractivity contribution in [1.82, 2.24) is 0 Å². The second-order valence-electron chi connectivity index (χ2n) is 0. The van der Waals surface area contributed by atoms with Gasteiger partial charge in [-0.3, -0.25) is 0 Å². The quantitative estimate of drug-likeness (QED) is 0.253. The van der Waals surface area contributed by atoms with Gasteiger partial charge in [0.15, 0.2) is 0 Å². The molecule has 0 heterocycles. The summed E-state index contributed by atoms with van der Waals surface area (Å²) in [5, 5.41) is 0. The summed E-state index contributed by atoms with van der Waals surface area (Å²) in [6, 6.07) is 0. The Labute approximate surface area is 100 Å². The molecular formula is H7BiOPbTeZn. The molecule has 0 saturated carbocycles. The van der Waals surface area contributed by atoms with Gasteiger partial charge in [0, 0.05) is 0 Å². The van der Waals surface area contributed by atoms with Crippen molar-refractivity contribution in [3.05, 3.63) is 0 Å². The van der Waals surface area contributed by atoms with Crippen molar-refractivity contribution >= 4 is 77.2 Å². The van der Waals surface area contributed by atoms with E-state index in [2.05, 4.69) is 0 Å². The van der Waals surface area contributed by atoms with E-state index in [-0.39, 0.29) is 102 Å². The van der Waals surface area contributed by atoms with Crippen LogP contribution in [0, 0.1) is 0 Å². The summed E-state index contributed by atoms with van der Waals surface area (Å²) in [5.41, 5.74) is 0. The number of hydrogen-bond donors (Lipinski definition) is 0. The molecule has 0 fully saturated rings. The van der Waals surface area contributed by atoms with Crippen LogP contribution in [0.2, 0.25) is 0 Å². The molecule has 5 heteroatoms. The van der Waals surface area contributed by atoms with Gasteiger partial charge in [0.05, 0.1) is 0 Å². The second-order valence-corrected chi connectivity index (χ2v) is 0. The van der Waals surface area contributed by atoms with E-state index in [9.17, 15) is 0 Å². The predicted molar refractivity (Wildman–Crippen MR) is 27.7 cm³/mol. The zero-order valence-electron chi connectivity index (χ0n) is 3.03. The van der Waals surface area contributed by atoms with Crippen LogP contribution >= 0.6 is 0 Å². The first-order chi connectivity index (χ1) is 0. The summed E-state index contributed by atoms with van der Waals surface area (Å²) in [7, 11) is 0. The molecule has 1 nitrogen and oxygen atoms in total. The van der Waals surface area contributed by atoms with Crippen LogP contribution in [-0.4, -0.2) is 77.2 Å². The van der Waals surface area contributed by atoms with Crippen LogP contribution in [0.1, 0.15) is 0 Å². The molecule has 0 aromatic carbocycles. The maximum atomic E-state index is 0. The Morgan fingerprint density at radius 3 is 1.00 bits per heavy atom. The van der Waals surface area contributed by atoms with E-state index in [0.717, 1.165) is 0 Å². The van der Waals surface area contributed by atoms with Crippen LogP contribution in [0.15, 0.2) is 0 Å². The molecule has 0 aromatic rings. The monoisotopic (exact) mass is 634 g/mol. The van der Waals surface area contributed by atoms with E-state index in [1.807, 2.05) is 0 Å². The Morgan fingerprint density at radius 1 is 1.00 bits per heavy atom. The van der Waals surface area contributed by atoms with Crippen LogP contribution in [-0.2, 0) is 25.0 Å². The zero-order chi connectivity index (χ0) is 0. The van der Waals surface area contributed by atoms with Crippen molar-refractivity contribution in [2.45, 2.75) is 0 Å². The van der Waals surface area contributed by atoms with Crippen molar-refractivity contribution in [3.8, 4) is 0 Å². The number of rotatable bonds is 0. The number of hydrogen-bond acceptors (Lipinski definition) is 0. The minimum Gasteiger partial charge on any atom is 2.00 e. The summed E-state index contributed by atoms with van der Waals surface area (Å²) < 4.78 is 0. The molecule has 30 valence electrons. The van der Waals surface area contributed by atoms with Gasteiger partial charge in [-0.05, 0) is 0 Å². The largest absolute Gasteiger partial charge is 2.00 e. The molecule has 0 amide bonds. The Morgan fingerprint density at radius 2 is 1.00 bits per heavy atom. The third-order valence-corrected chi connectivity index (χ3v) is 0. The summed E-state index contributed by atoms with van der Waals surface area (Å²) in [4.78, 5) is 0. The average Bonchev–Trinajstić information content (AvgIpc) is 0. The molecule has 0 aliphatic carbocycles. The Bertz CT molecular complexity index is 11.6. The van der Waals surface area contributed by atoms with E-state index < -0.39 is 0 Å². The minimum absolute atomic E-state index is 0. The maximum Gasteiger partial charge on any atom is 2.00 e. The van der Waals surface area contributed by atoms with E-state index in [1.165, 1.54) is 0 Å². The van der Waals surface area contributed by atoms with Gasteiger partial charge in [0.1, 0.15) is 0 Å². The van der Waals surface area contributed by atoms with Gasteiger partial charge in [0.2, 0.25) is 0 Å². The summed E-state index contributed by atoms with van der Waals surface area (Å²) >= 11 is 0. The Balaban J connectivity index is 0. The van der Waals surface area contributed by atoms with Gasteiger partial charge in [-0.25, -0.2) is 0 Å². The van der Waals surface area contributed by atoms with Crippen molar-refractivity contribution in [3.63, 3.8) is 0 Å². The zero-order valence-corrected chi connectivity index (χ0v) is 19.8. The van der Waals surface area contributed by atoms with Gasteiger partial charge >= 0.3 is 96.6 Å². The molecule has 0 spiro atoms. The fourth-order valence-electron chi connectivity index (χ4n) is 0. The van der Waals surface area contributed by atoms with Gasteiger partial charge in [0.25, 0.3) is 0 Å². The molecule has 0 rings (SSSR count). The molecule has 0 unspecified atom stereocenters. The van der Waals surface area contributed by atoms with Crippen LogP contribution in [0.4, 0.5) is 0 Å². The van der Waals surface area contributed by atoms with Gasteiger partial charge in [-0.2, -0.15) is 0 Å². The SMILES string of the molecule is [BiH3].[O-2].[PbH2].[TeH2].[Zn+2]. The second kappa shape index (κ2) is 27.1. The van der Waals surface area contributed by atoms with Crippen molar-refractivity contribution < 1.29 is 25.0 Å². The van der Waals surface area contributed by atoms with Gasteiger partial charge in [-0.15, -0.1) is 0 Å². The van der Waals surface area contributed by atoms with Crippen molar-refractivity contribution in [2.75, 3.05) is 0 Å². The molecule has 0 aliphatic rings. The first-order valence-electron chi connectivity index (χ1n) is 0. The third-order valence-electron chi connectivity index (χ3n) is 0. The molecule has 0 N–H and O–H groups in total. The molecule has 0 bridgehead atoms.